The number of rotatable bonds is 47. The Hall–Kier alpha value is -1.54. The highest BCUT2D eigenvalue weighted by atomic mass is 31.2. The first kappa shape index (κ1) is 60.5. The smallest absolute Gasteiger partial charge is 0.387 e. The molecule has 0 radical (unpaired) electrons. The van der Waals surface area contributed by atoms with E-state index in [0.717, 1.165) is 44.9 Å². The maximum Gasteiger partial charge on any atom is 0.472 e. The highest BCUT2D eigenvalue weighted by Gasteiger charge is 2.27. The van der Waals surface area contributed by atoms with Gasteiger partial charge in [0, 0.05) is 6.42 Å². The molecule has 0 aliphatic carbocycles. The molecule has 0 heterocycles. The molecule has 0 aliphatic heterocycles. The van der Waals surface area contributed by atoms with E-state index in [1.54, 1.807) is 6.08 Å². The summed E-state index contributed by atoms with van der Waals surface area (Å²) in [4.78, 5) is 23.2. The van der Waals surface area contributed by atoms with Crippen LogP contribution in [0, 0.1) is 0 Å². The molecule has 3 atom stereocenters. The Balaban J connectivity index is 4.26. The lowest BCUT2D eigenvalue weighted by atomic mass is 10.0. The van der Waals surface area contributed by atoms with Crippen molar-refractivity contribution in [1.29, 1.82) is 0 Å². The van der Waals surface area contributed by atoms with Crippen LogP contribution in [0.5, 0.6) is 0 Å². The fourth-order valence-electron chi connectivity index (χ4n) is 7.38. The SMILES string of the molecule is CCCCCCC/C=C\C/C=C\CCCCCCCCCCCCCCCC(=O)NC(COP(=O)(O)OCC[N+](C)(C)C)C(O)/C=C/CC/C=C/CCCCCCCCCCC. The molecule has 0 fully saturated rings. The zero-order valence-corrected chi connectivity index (χ0v) is 42.3. The molecule has 0 saturated carbocycles. The van der Waals surface area contributed by atoms with E-state index >= 15 is 0 Å². The zero-order valence-electron chi connectivity index (χ0n) is 41.4. The van der Waals surface area contributed by atoms with E-state index in [-0.39, 0.29) is 19.1 Å². The zero-order chi connectivity index (χ0) is 45.7. The predicted molar refractivity (Wildman–Crippen MR) is 267 cm³/mol. The lowest BCUT2D eigenvalue weighted by molar-refractivity contribution is -0.870. The summed E-state index contributed by atoms with van der Waals surface area (Å²) in [5.41, 5.74) is 0. The van der Waals surface area contributed by atoms with Crippen LogP contribution < -0.4 is 5.32 Å². The highest BCUT2D eigenvalue weighted by molar-refractivity contribution is 7.47. The lowest BCUT2D eigenvalue weighted by Crippen LogP contribution is -2.45. The van der Waals surface area contributed by atoms with E-state index in [2.05, 4.69) is 55.6 Å². The number of aliphatic hydroxyl groups excluding tert-OH is 1. The second-order valence-electron chi connectivity index (χ2n) is 18.9. The molecule has 0 saturated heterocycles. The molecule has 3 unspecified atom stereocenters. The van der Waals surface area contributed by atoms with Gasteiger partial charge in [-0.2, -0.15) is 0 Å². The monoisotopic (exact) mass is 894 g/mol. The number of carbonyl (C=O) groups is 1. The summed E-state index contributed by atoms with van der Waals surface area (Å²) >= 11 is 0. The van der Waals surface area contributed by atoms with E-state index in [4.69, 9.17) is 9.05 Å². The number of hydrogen-bond acceptors (Lipinski definition) is 5. The quantitative estimate of drug-likeness (QED) is 0.0243. The predicted octanol–water partition coefficient (Wildman–Crippen LogP) is 15.2. The Morgan fingerprint density at radius 2 is 0.935 bits per heavy atom. The standard InChI is InChI=1S/C53H101N2O6P/c1-6-8-10-12-14-16-18-20-22-23-24-25-26-27-28-29-30-31-33-35-37-39-41-43-45-47-53(57)54-51(50-61-62(58,59)60-49-48-55(3,4)5)52(56)46-44-42-40-38-36-34-32-21-19-17-15-13-11-9-7-2/h18,20,23-24,36,38,44,46,51-52,56H,6-17,19,21-22,25-35,37,39-43,45,47-50H2,1-5H3,(H-,54,57,58,59)/p+1/b20-18-,24-23-,38-36+,46-44+. The Kier molecular flexibility index (Phi) is 43.5. The van der Waals surface area contributed by atoms with Crippen LogP contribution in [0.2, 0.25) is 0 Å². The van der Waals surface area contributed by atoms with Gasteiger partial charge in [-0.3, -0.25) is 13.8 Å². The first-order chi connectivity index (χ1) is 30.0. The van der Waals surface area contributed by atoms with Crippen LogP contribution in [0.1, 0.15) is 232 Å². The van der Waals surface area contributed by atoms with Gasteiger partial charge in [-0.05, 0) is 64.2 Å². The van der Waals surface area contributed by atoms with Gasteiger partial charge in [0.15, 0.2) is 0 Å². The number of quaternary nitrogens is 1. The summed E-state index contributed by atoms with van der Waals surface area (Å²) in [6.07, 6.45) is 57.7. The minimum absolute atomic E-state index is 0.0555. The summed E-state index contributed by atoms with van der Waals surface area (Å²) in [7, 11) is 1.55. The first-order valence-corrected chi connectivity index (χ1v) is 27.5. The van der Waals surface area contributed by atoms with Crippen molar-refractivity contribution in [3.05, 3.63) is 48.6 Å². The van der Waals surface area contributed by atoms with Gasteiger partial charge in [0.05, 0.1) is 39.9 Å². The normalized spacial score (nSPS) is 14.5. The third kappa shape index (κ3) is 46.5. The van der Waals surface area contributed by atoms with Crippen molar-refractivity contribution in [2.24, 2.45) is 0 Å². The molecule has 62 heavy (non-hydrogen) atoms. The Morgan fingerprint density at radius 3 is 1.39 bits per heavy atom. The Labute approximate surface area is 384 Å². The van der Waals surface area contributed by atoms with Crippen molar-refractivity contribution in [2.75, 3.05) is 40.9 Å². The van der Waals surface area contributed by atoms with Crippen LogP contribution in [-0.4, -0.2) is 73.4 Å². The molecule has 0 aromatic carbocycles. The number of likely N-dealkylation sites (N-methyl/N-ethyl adjacent to an activating group) is 1. The van der Waals surface area contributed by atoms with Crippen LogP contribution in [0.4, 0.5) is 0 Å². The molecular weight excluding hydrogens is 792 g/mol. The largest absolute Gasteiger partial charge is 0.472 e. The van der Waals surface area contributed by atoms with E-state index in [9.17, 15) is 19.4 Å². The highest BCUT2D eigenvalue weighted by Crippen LogP contribution is 2.43. The van der Waals surface area contributed by atoms with Crippen LogP contribution in [-0.2, 0) is 18.4 Å². The fraction of sp³-hybridized carbons (Fsp3) is 0.830. The molecule has 8 nitrogen and oxygen atoms in total. The topological polar surface area (TPSA) is 105 Å². The molecule has 364 valence electrons. The van der Waals surface area contributed by atoms with Crippen molar-refractivity contribution in [1.82, 2.24) is 5.32 Å². The van der Waals surface area contributed by atoms with Crippen molar-refractivity contribution >= 4 is 13.7 Å². The summed E-state index contributed by atoms with van der Waals surface area (Å²) in [5.74, 6) is -0.188. The lowest BCUT2D eigenvalue weighted by Gasteiger charge is -2.25. The van der Waals surface area contributed by atoms with Crippen molar-refractivity contribution in [2.45, 2.75) is 244 Å². The second-order valence-corrected chi connectivity index (χ2v) is 20.3. The summed E-state index contributed by atoms with van der Waals surface area (Å²) in [6, 6.07) is -0.863. The van der Waals surface area contributed by atoms with Gasteiger partial charge in [0.2, 0.25) is 5.91 Å². The number of carbonyl (C=O) groups excluding carboxylic acids is 1. The number of phosphoric acid groups is 1. The molecule has 1 amide bonds. The number of nitrogens with one attached hydrogen (secondary N) is 1. The van der Waals surface area contributed by atoms with E-state index in [1.165, 1.54) is 167 Å². The number of nitrogens with zero attached hydrogens (tertiary/aromatic N) is 1. The number of unbranched alkanes of at least 4 members (excludes halogenated alkanes) is 28. The van der Waals surface area contributed by atoms with E-state index in [0.29, 0.717) is 17.4 Å². The minimum atomic E-state index is -4.35. The van der Waals surface area contributed by atoms with Gasteiger partial charge >= 0.3 is 7.82 Å². The molecule has 3 N–H and O–H groups in total. The third-order valence-corrected chi connectivity index (χ3v) is 12.5. The fourth-order valence-corrected chi connectivity index (χ4v) is 8.12. The van der Waals surface area contributed by atoms with Gasteiger partial charge in [0.1, 0.15) is 13.2 Å². The molecule has 9 heteroatoms. The van der Waals surface area contributed by atoms with Crippen LogP contribution >= 0.6 is 7.82 Å². The molecule has 0 aliphatic rings. The van der Waals surface area contributed by atoms with Crippen molar-refractivity contribution in [3.8, 4) is 0 Å². The van der Waals surface area contributed by atoms with Crippen LogP contribution in [0.3, 0.4) is 0 Å². The molecule has 0 rings (SSSR count). The number of amides is 1. The molecule has 0 aromatic heterocycles. The van der Waals surface area contributed by atoms with E-state index < -0.39 is 20.0 Å². The Morgan fingerprint density at radius 1 is 0.548 bits per heavy atom. The first-order valence-electron chi connectivity index (χ1n) is 26.0. The van der Waals surface area contributed by atoms with Crippen LogP contribution in [0.15, 0.2) is 48.6 Å². The van der Waals surface area contributed by atoms with Gasteiger partial charge in [-0.1, -0.05) is 210 Å². The van der Waals surface area contributed by atoms with Crippen LogP contribution in [0.25, 0.3) is 0 Å². The summed E-state index contributed by atoms with van der Waals surface area (Å²) in [5, 5.41) is 13.9. The minimum Gasteiger partial charge on any atom is -0.387 e. The number of phosphoric ester groups is 1. The summed E-state index contributed by atoms with van der Waals surface area (Å²) < 4.78 is 23.6. The van der Waals surface area contributed by atoms with Gasteiger partial charge in [0.25, 0.3) is 0 Å². The molecule has 0 aromatic rings. The maximum atomic E-state index is 12.9. The van der Waals surface area contributed by atoms with Gasteiger partial charge in [-0.15, -0.1) is 0 Å². The maximum absolute atomic E-state index is 12.9. The average molecular weight is 894 g/mol. The third-order valence-electron chi connectivity index (χ3n) is 11.5. The number of aliphatic hydroxyl groups is 1. The second kappa shape index (κ2) is 44.7. The molecule has 0 spiro atoms. The Bertz CT molecular complexity index is 1150. The molecule has 0 bridgehead atoms. The van der Waals surface area contributed by atoms with Crippen molar-refractivity contribution < 1.29 is 32.9 Å². The van der Waals surface area contributed by atoms with E-state index in [1.807, 2.05) is 27.2 Å². The average Bonchev–Trinajstić information content (AvgIpc) is 3.23. The van der Waals surface area contributed by atoms with Crippen molar-refractivity contribution in [3.63, 3.8) is 0 Å². The molecular formula is C53H102N2O6P+. The van der Waals surface area contributed by atoms with Gasteiger partial charge < -0.3 is 19.8 Å². The number of hydrogen-bond donors (Lipinski definition) is 3. The number of allylic oxidation sites excluding steroid dienone is 7. The summed E-state index contributed by atoms with van der Waals surface area (Å²) in [6.45, 7) is 4.79. The van der Waals surface area contributed by atoms with Gasteiger partial charge in [-0.25, -0.2) is 4.57 Å².